The van der Waals surface area contributed by atoms with Crippen molar-refractivity contribution in [3.63, 3.8) is 0 Å². The molecule has 3 aliphatic rings. The second-order valence-corrected chi connectivity index (χ2v) is 10.4. The number of rotatable bonds is 0. The zero-order valence-electron chi connectivity index (χ0n) is 19.5. The molecule has 0 spiro atoms. The number of hydrogen-bond acceptors (Lipinski definition) is 1. The second kappa shape index (κ2) is 5.76. The summed E-state index contributed by atoms with van der Waals surface area (Å²) in [5.74, 6) is 0. The molecule has 4 aromatic carbocycles. The third-order valence-corrected chi connectivity index (χ3v) is 8.29. The van der Waals surface area contributed by atoms with Crippen LogP contribution >= 0.6 is 0 Å². The van der Waals surface area contributed by atoms with E-state index in [0.29, 0.717) is 11.4 Å². The van der Waals surface area contributed by atoms with Crippen LogP contribution in [-0.2, 0) is 5.67 Å². The summed E-state index contributed by atoms with van der Waals surface area (Å²) in [6.45, 7) is 4.91. The van der Waals surface area contributed by atoms with Crippen LogP contribution in [-0.4, -0.2) is 17.3 Å². The number of fused-ring (bicyclic) bond motifs is 7. The number of nitrogens with zero attached hydrogens (tertiary/aromatic N) is 2. The Hall–Kier alpha value is -3.67. The van der Waals surface area contributed by atoms with E-state index in [0.717, 1.165) is 61.3 Å². The first-order valence-corrected chi connectivity index (χ1v) is 11.9. The van der Waals surface area contributed by atoms with Gasteiger partial charge in [0.1, 0.15) is 0 Å². The summed E-state index contributed by atoms with van der Waals surface area (Å²) < 4.78 is 49.7. The van der Waals surface area contributed by atoms with Gasteiger partial charge in [0.15, 0.2) is 0 Å². The lowest BCUT2D eigenvalue weighted by Crippen LogP contribution is -2.62. The summed E-state index contributed by atoms with van der Waals surface area (Å²) in [4.78, 5) is 0.959. The first kappa shape index (κ1) is 19.6. The summed E-state index contributed by atoms with van der Waals surface area (Å²) in [6, 6.07) is 17.7. The van der Waals surface area contributed by atoms with Crippen LogP contribution in [0.25, 0.3) is 27.5 Å². The number of para-hydroxylation sites is 1. The zero-order chi connectivity index (χ0) is 24.0. The van der Waals surface area contributed by atoms with E-state index in [1.54, 1.807) is 12.1 Å². The maximum atomic E-state index is 15.8. The molecule has 0 bridgehead atoms. The van der Waals surface area contributed by atoms with E-state index in [2.05, 4.69) is 48.7 Å². The van der Waals surface area contributed by atoms with Gasteiger partial charge in [0, 0.05) is 38.9 Å². The van der Waals surface area contributed by atoms with E-state index >= 15 is 13.2 Å². The van der Waals surface area contributed by atoms with Gasteiger partial charge in [-0.05, 0) is 67.5 Å². The summed E-state index contributed by atoms with van der Waals surface area (Å²) in [5.41, 5.74) is 5.91. The predicted molar refractivity (Wildman–Crippen MR) is 137 cm³/mol. The van der Waals surface area contributed by atoms with Gasteiger partial charge >= 0.3 is 6.05 Å². The molecular weight excluding hydrogens is 444 g/mol. The van der Waals surface area contributed by atoms with Gasteiger partial charge in [-0.2, -0.15) is 8.78 Å². The van der Waals surface area contributed by atoms with Crippen LogP contribution in [0, 0.1) is 13.8 Å². The van der Waals surface area contributed by atoms with Crippen molar-refractivity contribution in [2.45, 2.75) is 32.5 Å². The van der Waals surface area contributed by atoms with Crippen LogP contribution in [0.2, 0.25) is 0 Å². The van der Waals surface area contributed by atoms with Crippen molar-refractivity contribution >= 4 is 56.3 Å². The Morgan fingerprint density at radius 3 is 2.34 bits per heavy atom. The Kier molecular flexibility index (Phi) is 3.23. The number of aryl methyl sites for hydroxylation is 2. The molecule has 0 radical (unpaired) electrons. The maximum Gasteiger partial charge on any atom is 0.367 e. The first-order chi connectivity index (χ1) is 16.7. The molecule has 0 aliphatic carbocycles. The maximum absolute atomic E-state index is 15.8. The number of hydrogen-bond donors (Lipinski definition) is 0. The Morgan fingerprint density at radius 2 is 1.51 bits per heavy atom. The predicted octanol–water partition coefficient (Wildman–Crippen LogP) is 5.47. The van der Waals surface area contributed by atoms with E-state index in [1.807, 2.05) is 18.2 Å². The molecule has 0 N–H and O–H groups in total. The van der Waals surface area contributed by atoms with Crippen molar-refractivity contribution in [2.24, 2.45) is 0 Å². The van der Waals surface area contributed by atoms with Crippen LogP contribution in [0.3, 0.4) is 0 Å². The smallest absolute Gasteiger partial charge is 0.310 e. The number of anilines is 2. The van der Waals surface area contributed by atoms with Crippen LogP contribution in [0.4, 0.5) is 24.5 Å². The van der Waals surface area contributed by atoms with Crippen molar-refractivity contribution in [1.82, 2.24) is 4.57 Å². The molecule has 0 saturated heterocycles. The molecule has 8 rings (SSSR count). The van der Waals surface area contributed by atoms with Crippen LogP contribution < -0.4 is 21.3 Å². The highest BCUT2D eigenvalue weighted by atomic mass is 19.3. The Bertz CT molecular complexity index is 1800. The Balaban J connectivity index is 1.62. The summed E-state index contributed by atoms with van der Waals surface area (Å²) in [7, 11) is 0. The minimum atomic E-state index is -3.70. The number of alkyl halides is 3. The summed E-state index contributed by atoms with van der Waals surface area (Å²) in [6.07, 6.45) is 0. The minimum Gasteiger partial charge on any atom is -0.310 e. The fourth-order valence-electron chi connectivity index (χ4n) is 6.83. The third kappa shape index (κ3) is 2.00. The van der Waals surface area contributed by atoms with Gasteiger partial charge in [-0.3, -0.25) is 4.90 Å². The van der Waals surface area contributed by atoms with Gasteiger partial charge in [0.25, 0.3) is 6.71 Å². The van der Waals surface area contributed by atoms with Gasteiger partial charge in [-0.15, -0.1) is 0 Å². The number of benzene rings is 4. The van der Waals surface area contributed by atoms with Crippen LogP contribution in [0.1, 0.15) is 23.6 Å². The lowest BCUT2D eigenvalue weighted by molar-refractivity contribution is -0.116. The molecule has 1 unspecified atom stereocenters. The van der Waals surface area contributed by atoms with Gasteiger partial charge < -0.3 is 4.57 Å². The van der Waals surface area contributed by atoms with Crippen molar-refractivity contribution in [1.29, 1.82) is 0 Å². The topological polar surface area (TPSA) is 8.17 Å². The monoisotopic (exact) mass is 464 g/mol. The van der Waals surface area contributed by atoms with Crippen molar-refractivity contribution in [2.75, 3.05) is 4.90 Å². The first-order valence-electron chi connectivity index (χ1n) is 11.9. The van der Waals surface area contributed by atoms with E-state index in [9.17, 15) is 0 Å². The molecular formula is C29H20BF3N2. The zero-order valence-corrected chi connectivity index (χ0v) is 19.5. The highest BCUT2D eigenvalue weighted by molar-refractivity contribution is 7.00. The lowest BCUT2D eigenvalue weighted by atomic mass is 9.33. The van der Waals surface area contributed by atoms with E-state index < -0.39 is 11.7 Å². The fraction of sp³-hybridized carbons (Fsp3) is 0.172. The summed E-state index contributed by atoms with van der Waals surface area (Å²) in [5, 5.41) is 2.31. The highest BCUT2D eigenvalue weighted by Gasteiger charge is 2.66. The molecule has 0 amide bonds. The lowest BCUT2D eigenvalue weighted by Gasteiger charge is -2.40. The molecule has 170 valence electrons. The Labute approximate surface area is 200 Å². The van der Waals surface area contributed by atoms with Gasteiger partial charge in [-0.1, -0.05) is 47.5 Å². The minimum absolute atomic E-state index is 0.0571. The van der Waals surface area contributed by atoms with Crippen molar-refractivity contribution in [3.05, 3.63) is 83.4 Å². The number of halogens is 3. The average molecular weight is 464 g/mol. The molecule has 4 heterocycles. The average Bonchev–Trinajstić information content (AvgIpc) is 3.22. The Morgan fingerprint density at radius 1 is 0.771 bits per heavy atom. The highest BCUT2D eigenvalue weighted by Crippen LogP contribution is 2.58. The molecule has 3 aliphatic heterocycles. The van der Waals surface area contributed by atoms with Crippen molar-refractivity contribution < 1.29 is 13.2 Å². The summed E-state index contributed by atoms with van der Waals surface area (Å²) >= 11 is 0. The van der Waals surface area contributed by atoms with Gasteiger partial charge in [0.2, 0.25) is 5.67 Å². The largest absolute Gasteiger partial charge is 0.367 e. The molecule has 0 saturated carbocycles. The fourth-order valence-corrected chi connectivity index (χ4v) is 6.83. The van der Waals surface area contributed by atoms with Crippen LogP contribution in [0.15, 0.2) is 66.7 Å². The molecule has 1 aromatic heterocycles. The number of aromatic nitrogens is 1. The standard InChI is InChI=1S/C29H20BF3N2/c1-15-10-11-22-17(12-15)18-13-16(2)14-21-26(18)34(22)23-8-5-9-24-25(23)30(21)20-7-4-6-19-27(20)35(24)29(32,33)28(19,3)31/h4-14H,1-3H3. The van der Waals surface area contributed by atoms with Crippen molar-refractivity contribution in [3.8, 4) is 5.69 Å². The van der Waals surface area contributed by atoms with E-state index in [4.69, 9.17) is 0 Å². The molecule has 5 aromatic rings. The van der Waals surface area contributed by atoms with Gasteiger partial charge in [-0.25, -0.2) is 4.39 Å². The normalized spacial score (nSPS) is 20.5. The van der Waals surface area contributed by atoms with E-state index in [-0.39, 0.29) is 12.3 Å². The van der Waals surface area contributed by atoms with Gasteiger partial charge in [0.05, 0.1) is 5.52 Å². The third-order valence-electron chi connectivity index (χ3n) is 8.29. The molecule has 1 atom stereocenters. The quantitative estimate of drug-likeness (QED) is 0.214. The molecule has 6 heteroatoms. The van der Waals surface area contributed by atoms with E-state index in [1.165, 1.54) is 11.6 Å². The SMILES string of the molecule is Cc1ccc2c(c1)c1cc(C)cc3c1n2-c1cccc2c1B3c1cccc3c1N2C(F)(F)C3(C)F. The second-order valence-electron chi connectivity index (χ2n) is 10.4. The molecule has 35 heavy (non-hydrogen) atoms. The molecule has 2 nitrogen and oxygen atoms in total. The van der Waals surface area contributed by atoms with Crippen LogP contribution in [0.5, 0.6) is 0 Å². The molecule has 0 fully saturated rings.